The van der Waals surface area contributed by atoms with Crippen LogP contribution in [0.1, 0.15) is 24.2 Å². The molecule has 0 atom stereocenters. The lowest BCUT2D eigenvalue weighted by molar-refractivity contribution is -0.117. The second-order valence-electron chi connectivity index (χ2n) is 4.27. The van der Waals surface area contributed by atoms with Gasteiger partial charge in [0.15, 0.2) is 5.78 Å². The molecule has 0 aromatic heterocycles. The number of anilines is 1. The third-order valence-electron chi connectivity index (χ3n) is 2.81. The van der Waals surface area contributed by atoms with Gasteiger partial charge in [0.2, 0.25) is 5.91 Å². The number of nitrogens with one attached hydrogen (secondary N) is 1. The second-order valence-corrected chi connectivity index (χ2v) is 4.27. The van der Waals surface area contributed by atoms with E-state index in [0.29, 0.717) is 24.3 Å². The predicted octanol–water partition coefficient (Wildman–Crippen LogP) is 1.14. The van der Waals surface area contributed by atoms with Crippen molar-refractivity contribution in [3.63, 3.8) is 0 Å². The largest absolute Gasteiger partial charge is 0.395 e. The Kier molecular flexibility index (Phi) is 6.18. The number of likely N-dealkylation sites (N-methyl/N-ethyl adjacent to an activating group) is 1. The van der Waals surface area contributed by atoms with E-state index in [-0.39, 0.29) is 24.8 Å². The lowest BCUT2D eigenvalue weighted by Gasteiger charge is -2.18. The van der Waals surface area contributed by atoms with E-state index in [1.54, 1.807) is 24.3 Å². The molecule has 0 aliphatic heterocycles. The summed E-state index contributed by atoms with van der Waals surface area (Å²) in [6.45, 7) is 4.90. The van der Waals surface area contributed by atoms with Gasteiger partial charge in [0.25, 0.3) is 0 Å². The van der Waals surface area contributed by atoms with Gasteiger partial charge in [-0.25, -0.2) is 0 Å². The van der Waals surface area contributed by atoms with Crippen LogP contribution in [0.4, 0.5) is 5.69 Å². The molecule has 1 rings (SSSR count). The van der Waals surface area contributed by atoms with Crippen molar-refractivity contribution in [3.05, 3.63) is 29.8 Å². The topological polar surface area (TPSA) is 69.6 Å². The van der Waals surface area contributed by atoms with Crippen LogP contribution in [-0.2, 0) is 4.79 Å². The fourth-order valence-corrected chi connectivity index (χ4v) is 1.68. The molecule has 19 heavy (non-hydrogen) atoms. The molecule has 1 aromatic carbocycles. The summed E-state index contributed by atoms with van der Waals surface area (Å²) in [4.78, 5) is 24.7. The first-order valence-electron chi connectivity index (χ1n) is 6.31. The standard InChI is InChI=1S/C14H20N2O3/c1-3-16(8-9-17)10-14(19)15-13-6-4-12(5-7-13)11(2)18/h4-7,17H,3,8-10H2,1-2H3,(H,15,19). The highest BCUT2D eigenvalue weighted by molar-refractivity contribution is 5.96. The molecule has 104 valence electrons. The summed E-state index contributed by atoms with van der Waals surface area (Å²) in [6, 6.07) is 6.78. The number of carbonyl (C=O) groups is 2. The fourth-order valence-electron chi connectivity index (χ4n) is 1.68. The number of ketones is 1. The van der Waals surface area contributed by atoms with Gasteiger partial charge in [-0.15, -0.1) is 0 Å². The van der Waals surface area contributed by atoms with Gasteiger partial charge in [0, 0.05) is 17.8 Å². The van der Waals surface area contributed by atoms with E-state index in [4.69, 9.17) is 5.11 Å². The molecule has 5 heteroatoms. The minimum absolute atomic E-state index is 0.00187. The predicted molar refractivity (Wildman–Crippen MR) is 74.3 cm³/mol. The molecule has 0 aliphatic carbocycles. The molecule has 5 nitrogen and oxygen atoms in total. The summed E-state index contributed by atoms with van der Waals surface area (Å²) in [6.07, 6.45) is 0. The van der Waals surface area contributed by atoms with Crippen LogP contribution in [0.5, 0.6) is 0 Å². The highest BCUT2D eigenvalue weighted by atomic mass is 16.3. The maximum absolute atomic E-state index is 11.8. The van der Waals surface area contributed by atoms with Crippen LogP contribution in [0.3, 0.4) is 0 Å². The number of nitrogens with zero attached hydrogens (tertiary/aromatic N) is 1. The van der Waals surface area contributed by atoms with Crippen LogP contribution in [0.25, 0.3) is 0 Å². The Hall–Kier alpha value is -1.72. The van der Waals surface area contributed by atoms with E-state index >= 15 is 0 Å². The molecule has 2 N–H and O–H groups in total. The van der Waals surface area contributed by atoms with Gasteiger partial charge in [-0.3, -0.25) is 14.5 Å². The summed E-state index contributed by atoms with van der Waals surface area (Å²) in [5, 5.41) is 11.6. The van der Waals surface area contributed by atoms with Gasteiger partial charge in [-0.2, -0.15) is 0 Å². The summed E-state index contributed by atoms with van der Waals surface area (Å²) < 4.78 is 0. The Morgan fingerprint density at radius 1 is 1.26 bits per heavy atom. The van der Waals surface area contributed by atoms with E-state index in [0.717, 1.165) is 0 Å². The Morgan fingerprint density at radius 3 is 2.37 bits per heavy atom. The molecule has 0 spiro atoms. The monoisotopic (exact) mass is 264 g/mol. The van der Waals surface area contributed by atoms with Gasteiger partial charge >= 0.3 is 0 Å². The quantitative estimate of drug-likeness (QED) is 0.725. The van der Waals surface area contributed by atoms with Crippen molar-refractivity contribution in [2.45, 2.75) is 13.8 Å². The molecular formula is C14H20N2O3. The van der Waals surface area contributed by atoms with E-state index in [1.807, 2.05) is 11.8 Å². The number of amides is 1. The smallest absolute Gasteiger partial charge is 0.238 e. The first-order chi connectivity index (χ1) is 9.06. The number of aliphatic hydroxyl groups is 1. The number of hydrogen-bond acceptors (Lipinski definition) is 4. The molecule has 1 amide bonds. The Morgan fingerprint density at radius 2 is 1.89 bits per heavy atom. The van der Waals surface area contributed by atoms with Crippen molar-refractivity contribution in [1.29, 1.82) is 0 Å². The van der Waals surface area contributed by atoms with E-state index in [9.17, 15) is 9.59 Å². The maximum atomic E-state index is 11.8. The number of hydrogen-bond donors (Lipinski definition) is 2. The van der Waals surface area contributed by atoms with Gasteiger partial charge in [-0.1, -0.05) is 6.92 Å². The molecule has 1 aromatic rings. The van der Waals surface area contributed by atoms with Crippen LogP contribution in [0, 0.1) is 0 Å². The van der Waals surface area contributed by atoms with Crippen LogP contribution >= 0.6 is 0 Å². The number of aliphatic hydroxyl groups excluding tert-OH is 1. The molecule has 0 fully saturated rings. The summed E-state index contributed by atoms with van der Waals surface area (Å²) in [5.74, 6) is -0.135. The van der Waals surface area contributed by atoms with Gasteiger partial charge in [-0.05, 0) is 37.7 Å². The number of rotatable bonds is 7. The average Bonchev–Trinajstić information content (AvgIpc) is 2.38. The SMILES string of the molecule is CCN(CCO)CC(=O)Nc1ccc(C(C)=O)cc1. The van der Waals surface area contributed by atoms with E-state index < -0.39 is 0 Å². The first-order valence-corrected chi connectivity index (χ1v) is 6.31. The third kappa shape index (κ3) is 5.19. The lowest BCUT2D eigenvalue weighted by Crippen LogP contribution is -2.35. The van der Waals surface area contributed by atoms with Crippen LogP contribution in [-0.4, -0.2) is 47.9 Å². The Bertz CT molecular complexity index is 429. The minimum Gasteiger partial charge on any atom is -0.395 e. The molecule has 0 saturated carbocycles. The molecule has 0 bridgehead atoms. The summed E-state index contributed by atoms with van der Waals surface area (Å²) in [7, 11) is 0. The normalized spacial score (nSPS) is 10.5. The highest BCUT2D eigenvalue weighted by Crippen LogP contribution is 2.10. The van der Waals surface area contributed by atoms with Crippen molar-refractivity contribution >= 4 is 17.4 Å². The van der Waals surface area contributed by atoms with E-state index in [1.165, 1.54) is 6.92 Å². The number of carbonyl (C=O) groups excluding carboxylic acids is 2. The zero-order valence-electron chi connectivity index (χ0n) is 11.3. The minimum atomic E-state index is -0.133. The van der Waals surface area contributed by atoms with Crippen LogP contribution in [0.2, 0.25) is 0 Å². The molecule has 0 aliphatic rings. The van der Waals surface area contributed by atoms with E-state index in [2.05, 4.69) is 5.32 Å². The van der Waals surface area contributed by atoms with Gasteiger partial charge < -0.3 is 10.4 Å². The van der Waals surface area contributed by atoms with Crippen molar-refractivity contribution in [3.8, 4) is 0 Å². The Labute approximate surface area is 113 Å². The number of benzene rings is 1. The number of Topliss-reactive ketones (excluding diaryl/α,β-unsaturated/α-hetero) is 1. The fraction of sp³-hybridized carbons (Fsp3) is 0.429. The Balaban J connectivity index is 2.54. The second kappa shape index (κ2) is 7.66. The molecule has 0 saturated heterocycles. The molecular weight excluding hydrogens is 244 g/mol. The van der Waals surface area contributed by atoms with Crippen LogP contribution in [0.15, 0.2) is 24.3 Å². The van der Waals surface area contributed by atoms with Crippen molar-refractivity contribution in [2.75, 3.05) is 31.6 Å². The first kappa shape index (κ1) is 15.3. The summed E-state index contributed by atoms with van der Waals surface area (Å²) >= 11 is 0. The molecule has 0 radical (unpaired) electrons. The van der Waals surface area contributed by atoms with Crippen molar-refractivity contribution in [2.24, 2.45) is 0 Å². The highest BCUT2D eigenvalue weighted by Gasteiger charge is 2.08. The van der Waals surface area contributed by atoms with Crippen molar-refractivity contribution in [1.82, 2.24) is 4.90 Å². The summed E-state index contributed by atoms with van der Waals surface area (Å²) in [5.41, 5.74) is 1.28. The third-order valence-corrected chi connectivity index (χ3v) is 2.81. The zero-order chi connectivity index (χ0) is 14.3. The van der Waals surface area contributed by atoms with Gasteiger partial charge in [0.1, 0.15) is 0 Å². The lowest BCUT2D eigenvalue weighted by atomic mass is 10.1. The average molecular weight is 264 g/mol. The van der Waals surface area contributed by atoms with Crippen molar-refractivity contribution < 1.29 is 14.7 Å². The van der Waals surface area contributed by atoms with Crippen LogP contribution < -0.4 is 5.32 Å². The molecule has 0 unspecified atom stereocenters. The maximum Gasteiger partial charge on any atom is 0.238 e. The molecule has 0 heterocycles. The zero-order valence-corrected chi connectivity index (χ0v) is 11.3. The van der Waals surface area contributed by atoms with Gasteiger partial charge in [0.05, 0.1) is 13.2 Å².